The Morgan fingerprint density at radius 3 is 1.96 bits per heavy atom. The maximum absolute atomic E-state index is 14.2. The summed E-state index contributed by atoms with van der Waals surface area (Å²) in [6.07, 6.45) is -7.41. The summed E-state index contributed by atoms with van der Waals surface area (Å²) in [6, 6.07) is 4.83. The Kier molecular flexibility index (Phi) is 10.5. The van der Waals surface area contributed by atoms with Gasteiger partial charge in [0.2, 0.25) is 11.8 Å². The van der Waals surface area contributed by atoms with Gasteiger partial charge in [0.1, 0.15) is 11.7 Å². The summed E-state index contributed by atoms with van der Waals surface area (Å²) >= 11 is 0. The highest BCUT2D eigenvalue weighted by Gasteiger charge is 2.52. The summed E-state index contributed by atoms with van der Waals surface area (Å²) in [6.45, 7) is 12.9. The van der Waals surface area contributed by atoms with Gasteiger partial charge in [-0.25, -0.2) is 4.39 Å². The minimum Gasteiger partial charge on any atom is -0.468 e. The molecule has 0 saturated carbocycles. The number of hydrogen-bond acceptors (Lipinski definition) is 4. The number of methoxy groups -OCH3 is 1. The molecule has 0 aliphatic carbocycles. The van der Waals surface area contributed by atoms with Crippen molar-refractivity contribution in [3.63, 3.8) is 0 Å². The van der Waals surface area contributed by atoms with Crippen molar-refractivity contribution in [2.45, 2.75) is 64.8 Å². The monoisotopic (exact) mass is 682 g/mol. The average molecular weight is 683 g/mol. The Balaban J connectivity index is 2.30. The molecule has 0 spiro atoms. The Morgan fingerprint density at radius 2 is 1.50 bits per heavy atom. The lowest BCUT2D eigenvalue weighted by atomic mass is 9.76. The van der Waals surface area contributed by atoms with E-state index >= 15 is 0 Å². The van der Waals surface area contributed by atoms with Crippen molar-refractivity contribution in [2.24, 2.45) is 11.8 Å². The Hall–Kier alpha value is -4.42. The highest BCUT2D eigenvalue weighted by atomic mass is 19.4. The molecule has 2 unspecified atom stereocenters. The number of hydrogen-bond donors (Lipinski definition) is 1. The van der Waals surface area contributed by atoms with Crippen molar-refractivity contribution in [3.8, 4) is 0 Å². The van der Waals surface area contributed by atoms with E-state index in [9.17, 15) is 45.1 Å². The van der Waals surface area contributed by atoms with Gasteiger partial charge in [-0.1, -0.05) is 24.3 Å². The fraction of sp³-hybridized carbons (Fsp3) is 0.400. The quantitative estimate of drug-likeness (QED) is 0.134. The fourth-order valence-electron chi connectivity index (χ4n) is 6.18. The van der Waals surface area contributed by atoms with Crippen molar-refractivity contribution in [3.05, 3.63) is 100 Å². The first-order valence-corrected chi connectivity index (χ1v) is 14.7. The summed E-state index contributed by atoms with van der Waals surface area (Å²) in [5, 5.41) is 2.78. The van der Waals surface area contributed by atoms with Crippen LogP contribution in [0.5, 0.6) is 0 Å². The van der Waals surface area contributed by atoms with E-state index in [1.54, 1.807) is 33.8 Å². The van der Waals surface area contributed by atoms with Crippen molar-refractivity contribution in [1.82, 2.24) is 10.2 Å². The van der Waals surface area contributed by atoms with Crippen LogP contribution < -0.4 is 5.32 Å². The van der Waals surface area contributed by atoms with Crippen LogP contribution in [0.3, 0.4) is 0 Å². The molecule has 1 heterocycles. The first-order valence-electron chi connectivity index (χ1n) is 14.7. The molecular weight excluding hydrogens is 645 g/mol. The zero-order valence-corrected chi connectivity index (χ0v) is 27.7. The zero-order valence-electron chi connectivity index (χ0n) is 27.7. The largest absolute Gasteiger partial charge is 0.468 e. The molecule has 1 N–H and O–H groups in total. The lowest BCUT2D eigenvalue weighted by Gasteiger charge is -2.33. The van der Waals surface area contributed by atoms with E-state index in [2.05, 4.69) is 11.9 Å². The Morgan fingerprint density at radius 1 is 0.979 bits per heavy atom. The second-order valence-corrected chi connectivity index (χ2v) is 12.8. The zero-order chi connectivity index (χ0) is 36.7. The number of aryl methyl sites for hydroxylation is 1. The van der Waals surface area contributed by atoms with Gasteiger partial charge in [0.25, 0.3) is 0 Å². The third-order valence-corrected chi connectivity index (χ3v) is 8.61. The molecule has 3 rings (SSSR count). The van der Waals surface area contributed by atoms with Gasteiger partial charge >= 0.3 is 18.3 Å². The van der Waals surface area contributed by atoms with Gasteiger partial charge in [0.05, 0.1) is 29.3 Å². The minimum atomic E-state index is -5.13. The molecule has 260 valence electrons. The number of nitrogens with zero attached hydrogens (tertiary/aromatic N) is 1. The standard InChI is InChI=1S/C35H37F7N2O4/c1-10-26(44(8)31(47)32(4,5)20-15-21(34(37,38)39)17-22(16-20)35(40,41)42)25(24-12-11-23(36)13-18(24)2)14-19(3)28-27(30(46)48-9)29(45)43-33(28,6)7/h10-17,27-28H,1H2,2-9H3,(H,43,45)/b19-14+,26-25-. The van der Waals surface area contributed by atoms with E-state index < -0.39 is 75.4 Å². The number of likely N-dealkylation sites (N-methyl/N-ethyl adjacent to an activating group) is 1. The average Bonchev–Trinajstić information content (AvgIpc) is 3.22. The van der Waals surface area contributed by atoms with E-state index in [1.165, 1.54) is 45.2 Å². The van der Waals surface area contributed by atoms with E-state index in [0.717, 1.165) is 12.0 Å². The van der Waals surface area contributed by atoms with Gasteiger partial charge in [-0.2, -0.15) is 26.3 Å². The predicted octanol–water partition coefficient (Wildman–Crippen LogP) is 7.77. The van der Waals surface area contributed by atoms with Gasteiger partial charge in [-0.05, 0) is 94.6 Å². The first-order chi connectivity index (χ1) is 21.9. The molecule has 48 heavy (non-hydrogen) atoms. The summed E-state index contributed by atoms with van der Waals surface area (Å²) in [5.74, 6) is -4.79. The molecule has 0 radical (unpaired) electrons. The number of amides is 2. The number of ether oxygens (including phenoxy) is 1. The molecule has 1 aliphatic rings. The third kappa shape index (κ3) is 7.50. The molecule has 2 aromatic carbocycles. The SMILES string of the molecule is C=C/C(=C(\C=C(/C)C1C(C(=O)OC)C(=O)NC1(C)C)c1ccc(F)cc1C)N(C)C(=O)C(C)(C)c1cc(C(F)(F)F)cc(C(F)(F)F)c1. The maximum Gasteiger partial charge on any atom is 0.416 e. The Bertz CT molecular complexity index is 1670. The predicted molar refractivity (Wildman–Crippen MR) is 165 cm³/mol. The second-order valence-electron chi connectivity index (χ2n) is 12.8. The summed E-state index contributed by atoms with van der Waals surface area (Å²) < 4.78 is 101. The number of carbonyl (C=O) groups is 3. The Labute approximate surface area is 274 Å². The molecular formula is C35H37F7N2O4. The van der Waals surface area contributed by atoms with Crippen molar-refractivity contribution < 1.29 is 49.9 Å². The fourth-order valence-corrected chi connectivity index (χ4v) is 6.18. The van der Waals surface area contributed by atoms with Crippen LogP contribution in [0.25, 0.3) is 5.57 Å². The number of halogens is 7. The minimum absolute atomic E-state index is 0.0163. The lowest BCUT2D eigenvalue weighted by Crippen LogP contribution is -2.41. The molecule has 1 fully saturated rings. The van der Waals surface area contributed by atoms with Crippen LogP contribution in [0.1, 0.15) is 62.4 Å². The van der Waals surface area contributed by atoms with Gasteiger partial charge in [-0.3, -0.25) is 14.4 Å². The molecule has 2 atom stereocenters. The summed E-state index contributed by atoms with van der Waals surface area (Å²) in [4.78, 5) is 40.7. The van der Waals surface area contributed by atoms with E-state index in [1.807, 2.05) is 0 Å². The lowest BCUT2D eigenvalue weighted by molar-refractivity contribution is -0.150. The van der Waals surface area contributed by atoms with Crippen LogP contribution in [0, 0.1) is 24.6 Å². The van der Waals surface area contributed by atoms with E-state index in [0.29, 0.717) is 28.8 Å². The normalized spacial score (nSPS) is 19.0. The first kappa shape index (κ1) is 38.0. The van der Waals surface area contributed by atoms with Crippen LogP contribution in [-0.4, -0.2) is 42.4 Å². The van der Waals surface area contributed by atoms with Crippen LogP contribution in [-0.2, 0) is 36.9 Å². The molecule has 6 nitrogen and oxygen atoms in total. The number of nitrogens with one attached hydrogen (secondary N) is 1. The molecule has 1 saturated heterocycles. The summed E-state index contributed by atoms with van der Waals surface area (Å²) in [5.41, 5.74) is -4.97. The number of rotatable bonds is 8. The number of benzene rings is 2. The summed E-state index contributed by atoms with van der Waals surface area (Å²) in [7, 11) is 2.42. The topological polar surface area (TPSA) is 75.7 Å². The van der Waals surface area contributed by atoms with Crippen LogP contribution in [0.15, 0.2) is 66.4 Å². The van der Waals surface area contributed by atoms with E-state index in [4.69, 9.17) is 4.74 Å². The number of esters is 1. The molecule has 0 bridgehead atoms. The smallest absolute Gasteiger partial charge is 0.416 e. The molecule has 2 amide bonds. The number of allylic oxidation sites excluding steroid dienone is 3. The molecule has 0 aromatic heterocycles. The second kappa shape index (κ2) is 13.2. The van der Waals surface area contributed by atoms with E-state index in [-0.39, 0.29) is 17.3 Å². The highest BCUT2D eigenvalue weighted by Crippen LogP contribution is 2.42. The maximum atomic E-state index is 14.2. The van der Waals surface area contributed by atoms with Crippen molar-refractivity contribution in [1.29, 1.82) is 0 Å². The number of carbonyl (C=O) groups excluding carboxylic acids is 3. The molecule has 2 aromatic rings. The van der Waals surface area contributed by atoms with Crippen LogP contribution in [0.2, 0.25) is 0 Å². The molecule has 13 heteroatoms. The van der Waals surface area contributed by atoms with Crippen molar-refractivity contribution >= 4 is 23.4 Å². The highest BCUT2D eigenvalue weighted by molar-refractivity contribution is 6.01. The van der Waals surface area contributed by atoms with Crippen LogP contribution >= 0.6 is 0 Å². The van der Waals surface area contributed by atoms with Gasteiger partial charge in [0.15, 0.2) is 0 Å². The van der Waals surface area contributed by atoms with Crippen LogP contribution in [0.4, 0.5) is 30.7 Å². The van der Waals surface area contributed by atoms with Gasteiger partial charge < -0.3 is 15.0 Å². The van der Waals surface area contributed by atoms with Gasteiger partial charge in [-0.15, -0.1) is 0 Å². The van der Waals surface area contributed by atoms with Gasteiger partial charge in [0, 0.05) is 24.1 Å². The number of alkyl halides is 6. The molecule has 1 aliphatic heterocycles. The van der Waals surface area contributed by atoms with Crippen molar-refractivity contribution in [2.75, 3.05) is 14.2 Å². The third-order valence-electron chi connectivity index (χ3n) is 8.61.